The van der Waals surface area contributed by atoms with Crippen LogP contribution in [-0.2, 0) is 14.3 Å². The summed E-state index contributed by atoms with van der Waals surface area (Å²) in [6.45, 7) is 6.73. The molecular weight excluding hydrogens is 676 g/mol. The number of carboxylic acid groups (broad SMARTS) is 1. The number of H-pyrrole nitrogens is 2. The minimum atomic E-state index is -1.12. The first kappa shape index (κ1) is 37.1. The monoisotopic (exact) mass is 724 g/mol. The number of methoxy groups -OCH3 is 1. The van der Waals surface area contributed by atoms with Crippen LogP contribution in [0.5, 0.6) is 0 Å². The number of rotatable bonds is 11. The van der Waals surface area contributed by atoms with E-state index in [1.807, 2.05) is 45.0 Å². The third-order valence-electron chi connectivity index (χ3n) is 10.4. The standard InChI is InChI=1S/C39H48N8O6/c1-6-28(44-38(50)53-5)36(48)46-19-7-9-31(46)34-40-21-29(42-34)26-15-11-24(12-16-26)25-13-17-27(18-14-25)30-22-41-35(43-30)32-10-8-20-47(32)37(49)33(23(2)3)45(4)39(51)52/h11-18,21-23,28,31-33H,6-10,19-20H2,1-5H3,(H,40,42)(H,41,43)(H,44,50)(H,51,52)/t28-,31-,32-,33-/m0/s1. The van der Waals surface area contributed by atoms with Gasteiger partial charge < -0.3 is 34.9 Å². The van der Waals surface area contributed by atoms with E-state index in [9.17, 15) is 24.3 Å². The molecule has 2 saturated heterocycles. The maximum Gasteiger partial charge on any atom is 0.407 e. The van der Waals surface area contributed by atoms with Crippen LogP contribution >= 0.6 is 0 Å². The fraction of sp³-hybridized carbons (Fsp3) is 0.436. The minimum Gasteiger partial charge on any atom is -0.465 e. The molecule has 280 valence electrons. The predicted molar refractivity (Wildman–Crippen MR) is 198 cm³/mol. The zero-order valence-corrected chi connectivity index (χ0v) is 30.8. The van der Waals surface area contributed by atoms with E-state index in [2.05, 4.69) is 49.5 Å². The Morgan fingerprint density at radius 3 is 1.70 bits per heavy atom. The molecule has 14 heteroatoms. The highest BCUT2D eigenvalue weighted by Gasteiger charge is 2.40. The van der Waals surface area contributed by atoms with E-state index in [0.717, 1.165) is 70.0 Å². The summed E-state index contributed by atoms with van der Waals surface area (Å²) in [7, 11) is 2.73. The fourth-order valence-electron chi connectivity index (χ4n) is 7.55. The van der Waals surface area contributed by atoms with Crippen LogP contribution in [0.4, 0.5) is 9.59 Å². The van der Waals surface area contributed by atoms with Crippen LogP contribution in [0.15, 0.2) is 60.9 Å². The Hall–Kier alpha value is -5.66. The number of ether oxygens (including phenoxy) is 1. The predicted octanol–water partition coefficient (Wildman–Crippen LogP) is 6.23. The van der Waals surface area contributed by atoms with E-state index in [-0.39, 0.29) is 29.8 Å². The molecule has 0 aliphatic carbocycles. The zero-order valence-electron chi connectivity index (χ0n) is 30.8. The van der Waals surface area contributed by atoms with Gasteiger partial charge in [-0.05, 0) is 60.3 Å². The lowest BCUT2D eigenvalue weighted by atomic mass is 10.0. The summed E-state index contributed by atoms with van der Waals surface area (Å²) >= 11 is 0. The number of hydrogen-bond donors (Lipinski definition) is 4. The number of hydrogen-bond acceptors (Lipinski definition) is 7. The van der Waals surface area contributed by atoms with Crippen LogP contribution in [0.3, 0.4) is 0 Å². The maximum atomic E-state index is 13.6. The van der Waals surface area contributed by atoms with Gasteiger partial charge in [-0.2, -0.15) is 0 Å². The van der Waals surface area contributed by atoms with Crippen molar-refractivity contribution in [3.63, 3.8) is 0 Å². The van der Waals surface area contributed by atoms with E-state index in [1.165, 1.54) is 14.2 Å². The van der Waals surface area contributed by atoms with E-state index in [0.29, 0.717) is 25.3 Å². The first-order chi connectivity index (χ1) is 25.5. The van der Waals surface area contributed by atoms with Crippen molar-refractivity contribution in [1.82, 2.24) is 40.0 Å². The van der Waals surface area contributed by atoms with E-state index in [4.69, 9.17) is 4.74 Å². The van der Waals surface area contributed by atoms with Gasteiger partial charge in [-0.25, -0.2) is 19.6 Å². The number of likely N-dealkylation sites (tertiary alicyclic amines) is 2. The van der Waals surface area contributed by atoms with Crippen molar-refractivity contribution < 1.29 is 29.0 Å². The molecule has 0 radical (unpaired) electrons. The molecule has 4 N–H and O–H groups in total. The lowest BCUT2D eigenvalue weighted by Crippen LogP contribution is -2.51. The number of amides is 4. The van der Waals surface area contributed by atoms with E-state index < -0.39 is 24.3 Å². The van der Waals surface area contributed by atoms with Crippen LogP contribution in [0, 0.1) is 5.92 Å². The number of alkyl carbamates (subject to hydrolysis) is 1. The van der Waals surface area contributed by atoms with Gasteiger partial charge in [0.1, 0.15) is 23.7 Å². The van der Waals surface area contributed by atoms with Crippen LogP contribution < -0.4 is 5.32 Å². The van der Waals surface area contributed by atoms with Gasteiger partial charge >= 0.3 is 12.2 Å². The maximum absolute atomic E-state index is 13.6. The molecule has 0 spiro atoms. The molecule has 2 aliphatic heterocycles. The molecule has 4 aromatic rings. The number of carbonyl (C=O) groups is 4. The highest BCUT2D eigenvalue weighted by Crippen LogP contribution is 2.35. The third-order valence-corrected chi connectivity index (χ3v) is 10.4. The van der Waals surface area contributed by atoms with Crippen molar-refractivity contribution in [2.24, 2.45) is 5.92 Å². The molecule has 14 nitrogen and oxygen atoms in total. The SMILES string of the molecule is CC[C@H](NC(=O)OC)C(=O)N1CCC[C@H]1c1ncc(-c2ccc(-c3ccc(-c4cnc([C@@H]5CCCN5C(=O)[C@H](C(C)C)N(C)C(=O)O)[nH]4)cc3)cc2)[nH]1. The molecule has 4 heterocycles. The van der Waals surface area contributed by atoms with Gasteiger partial charge in [0.2, 0.25) is 11.8 Å². The molecule has 2 fully saturated rings. The highest BCUT2D eigenvalue weighted by molar-refractivity contribution is 5.87. The molecular formula is C39H48N8O6. The first-order valence-electron chi connectivity index (χ1n) is 18.2. The quantitative estimate of drug-likeness (QED) is 0.141. The number of nitrogens with zero attached hydrogens (tertiary/aromatic N) is 5. The Kier molecular flexibility index (Phi) is 11.2. The molecule has 0 unspecified atom stereocenters. The van der Waals surface area contributed by atoms with Crippen molar-refractivity contribution >= 4 is 24.0 Å². The summed E-state index contributed by atoms with van der Waals surface area (Å²) in [5.41, 5.74) is 5.72. The Morgan fingerprint density at radius 1 is 0.830 bits per heavy atom. The van der Waals surface area contributed by atoms with Crippen LogP contribution in [0.2, 0.25) is 0 Å². The van der Waals surface area contributed by atoms with Gasteiger partial charge in [-0.3, -0.25) is 14.5 Å². The van der Waals surface area contributed by atoms with Crippen molar-refractivity contribution in [1.29, 1.82) is 0 Å². The van der Waals surface area contributed by atoms with Gasteiger partial charge in [0, 0.05) is 20.1 Å². The summed E-state index contributed by atoms with van der Waals surface area (Å²) in [4.78, 5) is 71.2. The van der Waals surface area contributed by atoms with Gasteiger partial charge in [0.25, 0.3) is 0 Å². The number of aromatic nitrogens is 4. The lowest BCUT2D eigenvalue weighted by Gasteiger charge is -2.33. The summed E-state index contributed by atoms with van der Waals surface area (Å²) < 4.78 is 4.70. The first-order valence-corrected chi connectivity index (χ1v) is 18.2. The number of carbonyl (C=O) groups excluding carboxylic acids is 3. The van der Waals surface area contributed by atoms with E-state index in [1.54, 1.807) is 22.2 Å². The second-order valence-electron chi connectivity index (χ2n) is 14.1. The largest absolute Gasteiger partial charge is 0.465 e. The second kappa shape index (κ2) is 15.9. The number of nitrogens with one attached hydrogen (secondary N) is 3. The van der Waals surface area contributed by atoms with E-state index >= 15 is 0 Å². The van der Waals surface area contributed by atoms with Crippen LogP contribution in [0.1, 0.15) is 76.6 Å². The van der Waals surface area contributed by atoms with Gasteiger partial charge in [0.15, 0.2) is 0 Å². The average Bonchev–Trinajstić information content (AvgIpc) is 4.00. The number of benzene rings is 2. The smallest absolute Gasteiger partial charge is 0.407 e. The van der Waals surface area contributed by atoms with Crippen LogP contribution in [0.25, 0.3) is 33.6 Å². The molecule has 0 saturated carbocycles. The van der Waals surface area contributed by atoms with Gasteiger partial charge in [0.05, 0.1) is 43.0 Å². The van der Waals surface area contributed by atoms with Crippen molar-refractivity contribution in [3.05, 3.63) is 72.6 Å². The molecule has 2 aliphatic rings. The summed E-state index contributed by atoms with van der Waals surface area (Å²) in [5, 5.41) is 12.2. The molecule has 2 aromatic heterocycles. The minimum absolute atomic E-state index is 0.142. The number of aromatic amines is 2. The Bertz CT molecular complexity index is 1920. The van der Waals surface area contributed by atoms with Gasteiger partial charge in [-0.1, -0.05) is 69.3 Å². The second-order valence-corrected chi connectivity index (χ2v) is 14.1. The highest BCUT2D eigenvalue weighted by atomic mass is 16.5. The Balaban J connectivity index is 1.11. The topological polar surface area (TPSA) is 177 Å². The lowest BCUT2D eigenvalue weighted by molar-refractivity contribution is -0.138. The molecule has 6 rings (SSSR count). The number of likely N-dealkylation sites (N-methyl/N-ethyl adjacent to an activating group) is 1. The average molecular weight is 725 g/mol. The molecule has 53 heavy (non-hydrogen) atoms. The van der Waals surface area contributed by atoms with Crippen LogP contribution in [-0.4, -0.2) is 103 Å². The van der Waals surface area contributed by atoms with Crippen molar-refractivity contribution in [2.75, 3.05) is 27.2 Å². The molecule has 4 amide bonds. The Morgan fingerprint density at radius 2 is 1.28 bits per heavy atom. The fourth-order valence-corrected chi connectivity index (χ4v) is 7.55. The zero-order chi connectivity index (χ0) is 37.8. The Labute approximate surface area is 308 Å². The normalized spacial score (nSPS) is 18.2. The third kappa shape index (κ3) is 7.76. The summed E-state index contributed by atoms with van der Waals surface area (Å²) in [6, 6.07) is 14.5. The molecule has 2 aromatic carbocycles. The molecule has 4 atom stereocenters. The number of imidazole rings is 2. The van der Waals surface area contributed by atoms with Gasteiger partial charge in [-0.15, -0.1) is 0 Å². The molecule has 0 bridgehead atoms. The summed E-state index contributed by atoms with van der Waals surface area (Å²) in [6.07, 6.45) is 5.49. The van der Waals surface area contributed by atoms with Crippen molar-refractivity contribution in [3.8, 4) is 33.6 Å². The van der Waals surface area contributed by atoms with Crippen molar-refractivity contribution in [2.45, 2.75) is 77.0 Å². The summed E-state index contributed by atoms with van der Waals surface area (Å²) in [5.74, 6) is 0.906.